The van der Waals surface area contributed by atoms with Crippen molar-refractivity contribution in [2.75, 3.05) is 0 Å². The summed E-state index contributed by atoms with van der Waals surface area (Å²) in [4.78, 5) is 0. The van der Waals surface area contributed by atoms with Gasteiger partial charge in [0.1, 0.15) is 0 Å². The molecule has 1 aliphatic heterocycles. The first-order valence-electron chi connectivity index (χ1n) is 29.1. The zero-order valence-electron chi connectivity index (χ0n) is 44.6. The lowest BCUT2D eigenvalue weighted by Gasteiger charge is -2.17. The predicted octanol–water partition coefficient (Wildman–Crippen LogP) is 21.0. The van der Waals surface area contributed by atoms with E-state index in [1.165, 1.54) is 189 Å². The van der Waals surface area contributed by atoms with Crippen LogP contribution in [0.5, 0.6) is 0 Å². The van der Waals surface area contributed by atoms with Crippen molar-refractivity contribution in [3.8, 4) is 23.7 Å². The van der Waals surface area contributed by atoms with E-state index in [1.54, 1.807) is 4.70 Å². The molecule has 2 aromatic carbocycles. The molecule has 0 saturated carbocycles. The number of allylic oxidation sites excluding steroid dienone is 2. The molecular formula is C65H102N2. The molecule has 1 aliphatic rings. The zero-order chi connectivity index (χ0) is 47.8. The van der Waals surface area contributed by atoms with Crippen LogP contribution < -0.4 is 0 Å². The molecule has 2 heteroatoms. The van der Waals surface area contributed by atoms with Crippen LogP contribution >= 0.6 is 0 Å². The molecule has 0 fully saturated rings. The molecule has 0 aromatic heterocycles. The molecule has 0 N–H and O–H groups in total. The third-order valence-electron chi connectivity index (χ3n) is 14.8. The highest BCUT2D eigenvalue weighted by Crippen LogP contribution is 2.40. The van der Waals surface area contributed by atoms with Crippen LogP contribution in [0.3, 0.4) is 0 Å². The lowest BCUT2D eigenvalue weighted by atomic mass is 9.91. The normalized spacial score (nSPS) is 13.3. The predicted molar refractivity (Wildman–Crippen MR) is 296 cm³/mol. The van der Waals surface area contributed by atoms with Gasteiger partial charge in [-0.25, -0.2) is 4.70 Å². The van der Waals surface area contributed by atoms with Crippen molar-refractivity contribution in [3.05, 3.63) is 88.0 Å². The molecule has 0 radical (unpaired) electrons. The van der Waals surface area contributed by atoms with Gasteiger partial charge in [-0.1, -0.05) is 238 Å². The quantitative estimate of drug-likeness (QED) is 0.0362. The minimum Gasteiger partial charge on any atom is -0.493 e. The molecule has 0 spiro atoms. The van der Waals surface area contributed by atoms with Gasteiger partial charge >= 0.3 is 0 Å². The van der Waals surface area contributed by atoms with Crippen molar-refractivity contribution in [1.29, 1.82) is 0 Å². The van der Waals surface area contributed by atoms with E-state index in [9.17, 15) is 5.53 Å². The first-order chi connectivity index (χ1) is 33.1. The maximum Gasteiger partial charge on any atom is 0.211 e. The second kappa shape index (κ2) is 39.5. The second-order valence-corrected chi connectivity index (χ2v) is 20.5. The SMILES string of the molecule is CCCCCCCCCCCCCCC#CCC(CC)CCc1ccccc1C1=CC(CCCCC)=C(c2ccccc2CCC(CC)CC#CCCCCCCCCCCCCCC)[N+]1=[N-]. The summed E-state index contributed by atoms with van der Waals surface area (Å²) in [6.45, 7) is 11.5. The Balaban J connectivity index is 1.51. The van der Waals surface area contributed by atoms with Crippen molar-refractivity contribution in [1.82, 2.24) is 0 Å². The monoisotopic (exact) mass is 911 g/mol. The fourth-order valence-electron chi connectivity index (χ4n) is 10.1. The summed E-state index contributed by atoms with van der Waals surface area (Å²) in [6.07, 6.45) is 50.7. The minimum atomic E-state index is 0.590. The van der Waals surface area contributed by atoms with Crippen LogP contribution in [-0.4, -0.2) is 4.70 Å². The van der Waals surface area contributed by atoms with Gasteiger partial charge < -0.3 is 5.53 Å². The maximum atomic E-state index is 12.3. The molecule has 2 unspecified atom stereocenters. The number of benzene rings is 2. The molecule has 372 valence electrons. The molecule has 67 heavy (non-hydrogen) atoms. The highest BCUT2D eigenvalue weighted by Gasteiger charge is 2.31. The van der Waals surface area contributed by atoms with Gasteiger partial charge in [0.2, 0.25) is 11.4 Å². The number of hydrogen-bond acceptors (Lipinski definition) is 0. The van der Waals surface area contributed by atoms with Gasteiger partial charge in [-0.2, -0.15) is 0 Å². The summed E-state index contributed by atoms with van der Waals surface area (Å²) in [5.41, 5.74) is 20.4. The van der Waals surface area contributed by atoms with E-state index in [2.05, 4.69) is 113 Å². The van der Waals surface area contributed by atoms with Crippen molar-refractivity contribution < 1.29 is 4.70 Å². The summed E-state index contributed by atoms with van der Waals surface area (Å²) < 4.78 is 1.55. The van der Waals surface area contributed by atoms with Crippen LogP contribution in [0.2, 0.25) is 0 Å². The van der Waals surface area contributed by atoms with E-state index >= 15 is 0 Å². The van der Waals surface area contributed by atoms with Crippen LogP contribution in [-0.2, 0) is 12.8 Å². The van der Waals surface area contributed by atoms with Gasteiger partial charge in [0, 0.05) is 48.5 Å². The van der Waals surface area contributed by atoms with Gasteiger partial charge in [0.25, 0.3) is 0 Å². The van der Waals surface area contributed by atoms with Gasteiger partial charge in [-0.3, -0.25) is 0 Å². The Morgan fingerprint density at radius 3 is 1.22 bits per heavy atom. The number of nitrogens with zero attached hydrogens (tertiary/aromatic N) is 2. The number of rotatable bonds is 40. The molecule has 2 nitrogen and oxygen atoms in total. The maximum absolute atomic E-state index is 12.3. The standard InChI is InChI=1S/C65H102N2/c1-6-11-14-16-18-20-22-24-26-28-30-32-34-36-39-45-57(9-4)52-54-59-47-41-43-50-62(59)64-56-61(49-38-13-8-3)65(67(64)66)63-51-44-42-48-60(63)55-53-58(10-5)46-40-37-35-33-31-29-27-25-23-21-19-17-15-12-7-2/h41-44,47-48,50-51,56-58H,6-35,38,45-46,49,52-55H2,1-5H3. The highest BCUT2D eigenvalue weighted by molar-refractivity contribution is 5.80. The Hall–Kier alpha value is -3.36. The average molecular weight is 912 g/mol. The summed E-state index contributed by atoms with van der Waals surface area (Å²) >= 11 is 0. The third kappa shape index (κ3) is 25.2. The van der Waals surface area contributed by atoms with Gasteiger partial charge in [0.15, 0.2) is 0 Å². The van der Waals surface area contributed by atoms with Crippen molar-refractivity contribution in [2.45, 2.75) is 279 Å². The Morgan fingerprint density at radius 1 is 0.418 bits per heavy atom. The average Bonchev–Trinajstić information content (AvgIpc) is 3.68. The molecular weight excluding hydrogens is 809 g/mol. The summed E-state index contributed by atoms with van der Waals surface area (Å²) in [6, 6.07) is 17.7. The molecule has 0 bridgehead atoms. The van der Waals surface area contributed by atoms with Crippen LogP contribution in [0.25, 0.3) is 16.9 Å². The molecule has 0 amide bonds. The van der Waals surface area contributed by atoms with Gasteiger partial charge in [0.05, 0.1) is 0 Å². The first-order valence-corrected chi connectivity index (χ1v) is 29.1. The fraction of sp³-hybridized carbons (Fsp3) is 0.692. The zero-order valence-corrected chi connectivity index (χ0v) is 44.6. The molecule has 0 aliphatic carbocycles. The van der Waals surface area contributed by atoms with Gasteiger partial charge in [-0.05, 0) is 86.5 Å². The molecule has 2 aromatic rings. The van der Waals surface area contributed by atoms with E-state index in [-0.39, 0.29) is 0 Å². The van der Waals surface area contributed by atoms with E-state index in [1.807, 2.05) is 0 Å². The molecule has 1 heterocycles. The summed E-state index contributed by atoms with van der Waals surface area (Å²) in [5.74, 6) is 15.4. The van der Waals surface area contributed by atoms with Crippen LogP contribution in [0.1, 0.15) is 288 Å². The number of aryl methyl sites for hydroxylation is 2. The molecule has 2 atom stereocenters. The summed E-state index contributed by atoms with van der Waals surface area (Å²) in [5, 5.41) is 0. The van der Waals surface area contributed by atoms with Crippen molar-refractivity contribution >= 4 is 11.4 Å². The first kappa shape index (κ1) is 58.0. The van der Waals surface area contributed by atoms with Crippen LogP contribution in [0.15, 0.2) is 60.2 Å². The topological polar surface area (TPSA) is 25.3 Å². The Kier molecular flexibility index (Phi) is 34.2. The second-order valence-electron chi connectivity index (χ2n) is 20.5. The largest absolute Gasteiger partial charge is 0.493 e. The van der Waals surface area contributed by atoms with E-state index in [0.717, 1.165) is 94.0 Å². The van der Waals surface area contributed by atoms with Crippen LogP contribution in [0, 0.1) is 35.5 Å². The smallest absolute Gasteiger partial charge is 0.211 e. The number of hydrogen-bond donors (Lipinski definition) is 0. The minimum absolute atomic E-state index is 0.590. The van der Waals surface area contributed by atoms with E-state index in [4.69, 9.17) is 0 Å². The highest BCUT2D eigenvalue weighted by atomic mass is 15.2. The molecule has 0 saturated heterocycles. The Morgan fingerprint density at radius 2 is 0.791 bits per heavy atom. The van der Waals surface area contributed by atoms with Crippen LogP contribution in [0.4, 0.5) is 0 Å². The van der Waals surface area contributed by atoms with Crippen molar-refractivity contribution in [2.24, 2.45) is 11.8 Å². The number of unbranched alkanes of at least 4 members (excludes halogenated alkanes) is 26. The molecule has 3 rings (SSSR count). The summed E-state index contributed by atoms with van der Waals surface area (Å²) in [7, 11) is 0. The lowest BCUT2D eigenvalue weighted by molar-refractivity contribution is -0.344. The third-order valence-corrected chi connectivity index (χ3v) is 14.8. The lowest BCUT2D eigenvalue weighted by Crippen LogP contribution is -2.08. The van der Waals surface area contributed by atoms with Crippen molar-refractivity contribution in [3.63, 3.8) is 0 Å². The van der Waals surface area contributed by atoms with E-state index < -0.39 is 0 Å². The Bertz CT molecular complexity index is 1770. The van der Waals surface area contributed by atoms with E-state index in [0.29, 0.717) is 11.8 Å². The Labute approximate surface area is 416 Å². The fourth-order valence-corrected chi connectivity index (χ4v) is 10.1. The van der Waals surface area contributed by atoms with Gasteiger partial charge in [-0.15, -0.1) is 23.7 Å².